The van der Waals surface area contributed by atoms with E-state index < -0.39 is 6.10 Å². The number of aliphatic hydroxyl groups excluding tert-OH is 2. The highest BCUT2D eigenvalue weighted by Gasteiger charge is 2.24. The van der Waals surface area contributed by atoms with E-state index in [9.17, 15) is 0 Å². The minimum atomic E-state index is -0.796. The molecule has 1 saturated heterocycles. The summed E-state index contributed by atoms with van der Waals surface area (Å²) in [4.78, 5) is 0. The predicted molar refractivity (Wildman–Crippen MR) is 57.9 cm³/mol. The van der Waals surface area contributed by atoms with Crippen LogP contribution in [0.25, 0.3) is 0 Å². The maximum Gasteiger partial charge on any atom is 0.106 e. The Hall–Kier alpha value is -0.940. The Bertz CT molecular complexity index is 336. The van der Waals surface area contributed by atoms with Crippen LogP contribution >= 0.6 is 0 Å². The number of ether oxygens (including phenoxy) is 2. The smallest absolute Gasteiger partial charge is 0.106 e. The van der Waals surface area contributed by atoms with Gasteiger partial charge in [-0.05, 0) is 11.1 Å². The van der Waals surface area contributed by atoms with Crippen LogP contribution in [-0.4, -0.2) is 36.1 Å². The van der Waals surface area contributed by atoms with Gasteiger partial charge in [0, 0.05) is 0 Å². The third-order valence-electron chi connectivity index (χ3n) is 2.45. The summed E-state index contributed by atoms with van der Waals surface area (Å²) in [6.07, 6.45) is -0.544. The lowest BCUT2D eigenvalue weighted by atomic mass is 10.1. The van der Waals surface area contributed by atoms with Crippen LogP contribution in [0.4, 0.5) is 0 Å². The highest BCUT2D eigenvalue weighted by atomic mass is 16.6. The lowest BCUT2D eigenvalue weighted by molar-refractivity contribution is 0.00000753. The van der Waals surface area contributed by atoms with E-state index in [1.165, 1.54) is 5.56 Å². The summed E-state index contributed by atoms with van der Waals surface area (Å²) >= 11 is 0. The van der Waals surface area contributed by atoms with Crippen molar-refractivity contribution in [3.63, 3.8) is 0 Å². The monoisotopic (exact) mass is 224 g/mol. The first kappa shape index (κ1) is 11.5. The van der Waals surface area contributed by atoms with E-state index in [2.05, 4.69) is 0 Å². The molecule has 1 aromatic rings. The second-order valence-electron chi connectivity index (χ2n) is 3.92. The number of hydrogen-bond acceptors (Lipinski definition) is 4. The van der Waals surface area contributed by atoms with E-state index in [4.69, 9.17) is 19.7 Å². The van der Waals surface area contributed by atoms with Gasteiger partial charge in [0.2, 0.25) is 0 Å². The van der Waals surface area contributed by atoms with Crippen molar-refractivity contribution >= 4 is 0 Å². The van der Waals surface area contributed by atoms with Crippen molar-refractivity contribution in [3.8, 4) is 0 Å². The fourth-order valence-corrected chi connectivity index (χ4v) is 1.49. The van der Waals surface area contributed by atoms with Gasteiger partial charge in [0.25, 0.3) is 0 Å². The molecule has 1 aliphatic rings. The van der Waals surface area contributed by atoms with Crippen LogP contribution in [0, 0.1) is 0 Å². The molecule has 1 heterocycles. The molecule has 2 unspecified atom stereocenters. The van der Waals surface area contributed by atoms with Crippen LogP contribution in [0.15, 0.2) is 24.3 Å². The molecule has 16 heavy (non-hydrogen) atoms. The van der Waals surface area contributed by atoms with Gasteiger partial charge in [0.1, 0.15) is 12.2 Å². The number of hydrogen-bond donors (Lipinski definition) is 2. The second-order valence-corrected chi connectivity index (χ2v) is 3.92. The van der Waals surface area contributed by atoms with Gasteiger partial charge < -0.3 is 19.7 Å². The van der Waals surface area contributed by atoms with Gasteiger partial charge in [-0.3, -0.25) is 0 Å². The average Bonchev–Trinajstić information content (AvgIpc) is 3.13. The molecule has 0 spiro atoms. The molecule has 2 rings (SSSR count). The first-order valence-electron chi connectivity index (χ1n) is 5.36. The zero-order valence-electron chi connectivity index (χ0n) is 9.00. The molecule has 0 bridgehead atoms. The molecule has 4 heteroatoms. The Morgan fingerprint density at radius 3 is 3.00 bits per heavy atom. The summed E-state index contributed by atoms with van der Waals surface area (Å²) in [5.74, 6) is 0. The van der Waals surface area contributed by atoms with Crippen molar-refractivity contribution < 1.29 is 19.7 Å². The van der Waals surface area contributed by atoms with Gasteiger partial charge in [0.15, 0.2) is 0 Å². The number of epoxide rings is 1. The molecule has 0 saturated carbocycles. The van der Waals surface area contributed by atoms with Crippen LogP contribution in [0.3, 0.4) is 0 Å². The quantitative estimate of drug-likeness (QED) is 0.696. The highest BCUT2D eigenvalue weighted by Crippen LogP contribution is 2.29. The molecule has 2 atom stereocenters. The molecular formula is C12H16O4. The SMILES string of the molecule is OCC(O)COCc1cccc(C2CO2)c1. The lowest BCUT2D eigenvalue weighted by Gasteiger charge is -2.08. The Morgan fingerprint density at radius 2 is 2.31 bits per heavy atom. The zero-order chi connectivity index (χ0) is 11.4. The summed E-state index contributed by atoms with van der Waals surface area (Å²) in [7, 11) is 0. The van der Waals surface area contributed by atoms with Gasteiger partial charge in [-0.25, -0.2) is 0 Å². The Morgan fingerprint density at radius 1 is 1.50 bits per heavy atom. The van der Waals surface area contributed by atoms with E-state index >= 15 is 0 Å². The molecule has 0 radical (unpaired) electrons. The van der Waals surface area contributed by atoms with Crippen LogP contribution < -0.4 is 0 Å². The van der Waals surface area contributed by atoms with Crippen molar-refractivity contribution in [2.75, 3.05) is 19.8 Å². The van der Waals surface area contributed by atoms with E-state index in [0.29, 0.717) is 6.61 Å². The Kier molecular flexibility index (Phi) is 3.90. The predicted octanol–water partition coefficient (Wildman–Crippen LogP) is 0.628. The molecule has 0 aromatic heterocycles. The first-order valence-corrected chi connectivity index (χ1v) is 5.36. The van der Waals surface area contributed by atoms with Gasteiger partial charge in [-0.15, -0.1) is 0 Å². The average molecular weight is 224 g/mol. The van der Waals surface area contributed by atoms with E-state index in [-0.39, 0.29) is 19.3 Å². The largest absolute Gasteiger partial charge is 0.394 e. The van der Waals surface area contributed by atoms with Crippen LogP contribution in [-0.2, 0) is 16.1 Å². The Labute approximate surface area is 94.4 Å². The molecule has 1 fully saturated rings. The van der Waals surface area contributed by atoms with Crippen LogP contribution in [0.1, 0.15) is 17.2 Å². The van der Waals surface area contributed by atoms with E-state index in [0.717, 1.165) is 12.2 Å². The van der Waals surface area contributed by atoms with E-state index in [1.54, 1.807) is 0 Å². The van der Waals surface area contributed by atoms with Gasteiger partial charge >= 0.3 is 0 Å². The standard InChI is InChI=1S/C12H16O4/c13-5-11(14)7-15-6-9-2-1-3-10(4-9)12-8-16-12/h1-4,11-14H,5-8H2. The molecule has 1 aromatic carbocycles. The zero-order valence-corrected chi connectivity index (χ0v) is 9.00. The third kappa shape index (κ3) is 3.28. The maximum absolute atomic E-state index is 9.09. The first-order chi connectivity index (χ1) is 7.79. The second kappa shape index (κ2) is 5.41. The molecule has 2 N–H and O–H groups in total. The Balaban J connectivity index is 1.82. The lowest BCUT2D eigenvalue weighted by Crippen LogP contribution is -2.19. The fourth-order valence-electron chi connectivity index (χ4n) is 1.49. The van der Waals surface area contributed by atoms with Crippen molar-refractivity contribution in [1.82, 2.24) is 0 Å². The summed E-state index contributed by atoms with van der Waals surface area (Å²) in [6, 6.07) is 8.02. The van der Waals surface area contributed by atoms with Crippen LogP contribution in [0.5, 0.6) is 0 Å². The number of aliphatic hydroxyl groups is 2. The number of benzene rings is 1. The minimum Gasteiger partial charge on any atom is -0.394 e. The highest BCUT2D eigenvalue weighted by molar-refractivity contribution is 5.26. The maximum atomic E-state index is 9.09. The van der Waals surface area contributed by atoms with Crippen LogP contribution in [0.2, 0.25) is 0 Å². The van der Waals surface area contributed by atoms with Gasteiger partial charge in [-0.1, -0.05) is 24.3 Å². The number of rotatable bonds is 6. The molecule has 0 amide bonds. The molecule has 4 nitrogen and oxygen atoms in total. The summed E-state index contributed by atoms with van der Waals surface area (Å²) in [6.45, 7) is 1.13. The minimum absolute atomic E-state index is 0.153. The normalized spacial score (nSPS) is 20.8. The molecule has 1 aliphatic heterocycles. The third-order valence-corrected chi connectivity index (χ3v) is 2.45. The van der Waals surface area contributed by atoms with Crippen molar-refractivity contribution in [3.05, 3.63) is 35.4 Å². The summed E-state index contributed by atoms with van der Waals surface area (Å²) < 4.78 is 10.5. The molecule has 88 valence electrons. The summed E-state index contributed by atoms with van der Waals surface area (Å²) in [5, 5.41) is 17.7. The molecular weight excluding hydrogens is 208 g/mol. The van der Waals surface area contributed by atoms with Crippen molar-refractivity contribution in [1.29, 1.82) is 0 Å². The topological polar surface area (TPSA) is 62.2 Å². The van der Waals surface area contributed by atoms with E-state index in [1.807, 2.05) is 24.3 Å². The molecule has 0 aliphatic carbocycles. The van der Waals surface area contributed by atoms with Crippen molar-refractivity contribution in [2.45, 2.75) is 18.8 Å². The van der Waals surface area contributed by atoms with Gasteiger partial charge in [0.05, 0.1) is 26.4 Å². The van der Waals surface area contributed by atoms with Crippen molar-refractivity contribution in [2.24, 2.45) is 0 Å². The van der Waals surface area contributed by atoms with Gasteiger partial charge in [-0.2, -0.15) is 0 Å². The summed E-state index contributed by atoms with van der Waals surface area (Å²) in [5.41, 5.74) is 2.22. The fraction of sp³-hybridized carbons (Fsp3) is 0.500.